The van der Waals surface area contributed by atoms with Gasteiger partial charge in [-0.15, -0.1) is 0 Å². The third kappa shape index (κ3) is 3.65. The first-order chi connectivity index (χ1) is 12.7. The molecular formula is C20H18FN4O-. The third-order valence-electron chi connectivity index (χ3n) is 3.81. The van der Waals surface area contributed by atoms with E-state index in [1.165, 1.54) is 6.07 Å². The van der Waals surface area contributed by atoms with Crippen molar-refractivity contribution in [2.45, 2.75) is 0 Å². The number of ether oxygens (including phenoxy) is 1. The average molecular weight is 349 g/mol. The third-order valence-corrected chi connectivity index (χ3v) is 3.81. The lowest BCUT2D eigenvalue weighted by Gasteiger charge is -2.23. The van der Waals surface area contributed by atoms with Crippen molar-refractivity contribution in [1.82, 2.24) is 5.53 Å². The zero-order valence-corrected chi connectivity index (χ0v) is 14.2. The second-order valence-corrected chi connectivity index (χ2v) is 5.37. The summed E-state index contributed by atoms with van der Waals surface area (Å²) in [7, 11) is 1.61. The molecule has 0 bridgehead atoms. The van der Waals surface area contributed by atoms with Crippen LogP contribution in [0.15, 0.2) is 77.9 Å². The van der Waals surface area contributed by atoms with Gasteiger partial charge in [-0.1, -0.05) is 60.7 Å². The first-order valence-electron chi connectivity index (χ1n) is 7.97. The Hall–Kier alpha value is -3.38. The summed E-state index contributed by atoms with van der Waals surface area (Å²) < 4.78 is 19.5. The Kier molecular flexibility index (Phi) is 5.46. The van der Waals surface area contributed by atoms with Gasteiger partial charge in [-0.3, -0.25) is 5.84 Å². The summed E-state index contributed by atoms with van der Waals surface area (Å²) in [5, 5.41) is 8.39. The first-order valence-corrected chi connectivity index (χ1v) is 7.97. The molecule has 0 aliphatic heterocycles. The minimum atomic E-state index is -0.438. The van der Waals surface area contributed by atoms with Gasteiger partial charge in [0.2, 0.25) is 0 Å². The van der Waals surface area contributed by atoms with Crippen molar-refractivity contribution in [1.29, 1.82) is 0 Å². The number of benzene rings is 3. The highest BCUT2D eigenvalue weighted by Gasteiger charge is 2.11. The largest absolute Gasteiger partial charge is 0.496 e. The van der Waals surface area contributed by atoms with Crippen molar-refractivity contribution in [3.8, 4) is 16.9 Å². The topological polar surface area (TPSA) is 73.7 Å². The van der Waals surface area contributed by atoms with Crippen LogP contribution in [-0.4, -0.2) is 12.9 Å². The van der Waals surface area contributed by atoms with Crippen LogP contribution in [0.2, 0.25) is 0 Å². The summed E-state index contributed by atoms with van der Waals surface area (Å²) in [5.41, 5.74) is 4.84. The van der Waals surface area contributed by atoms with E-state index in [0.717, 1.165) is 11.1 Å². The van der Waals surface area contributed by atoms with E-state index in [1.54, 1.807) is 25.3 Å². The lowest BCUT2D eigenvalue weighted by Crippen LogP contribution is -2.17. The molecule has 0 spiro atoms. The highest BCUT2D eigenvalue weighted by molar-refractivity contribution is 6.16. The second kappa shape index (κ2) is 8.13. The van der Waals surface area contributed by atoms with E-state index in [4.69, 9.17) is 10.6 Å². The highest BCUT2D eigenvalue weighted by Crippen LogP contribution is 2.34. The fourth-order valence-electron chi connectivity index (χ4n) is 2.64. The van der Waals surface area contributed by atoms with Gasteiger partial charge >= 0.3 is 0 Å². The molecule has 0 radical (unpaired) electrons. The molecule has 3 aromatic rings. The van der Waals surface area contributed by atoms with E-state index >= 15 is 0 Å². The van der Waals surface area contributed by atoms with Crippen LogP contribution in [0.4, 0.5) is 10.1 Å². The summed E-state index contributed by atoms with van der Waals surface area (Å²) >= 11 is 0. The number of methoxy groups -OCH3 is 1. The van der Waals surface area contributed by atoms with Crippen molar-refractivity contribution >= 4 is 11.5 Å². The summed E-state index contributed by atoms with van der Waals surface area (Å²) in [6.07, 6.45) is 0. The van der Waals surface area contributed by atoms with Crippen molar-refractivity contribution in [3.05, 3.63) is 89.5 Å². The van der Waals surface area contributed by atoms with Gasteiger partial charge in [0, 0.05) is 5.56 Å². The molecule has 0 heterocycles. The van der Waals surface area contributed by atoms with E-state index in [1.807, 2.05) is 48.5 Å². The number of hydrogen-bond acceptors (Lipinski definition) is 4. The quantitative estimate of drug-likeness (QED) is 0.312. The van der Waals surface area contributed by atoms with Gasteiger partial charge in [-0.25, -0.2) is 4.39 Å². The Morgan fingerprint density at radius 2 is 1.62 bits per heavy atom. The van der Waals surface area contributed by atoms with Crippen LogP contribution >= 0.6 is 0 Å². The van der Waals surface area contributed by atoms with E-state index < -0.39 is 5.82 Å². The Morgan fingerprint density at radius 1 is 0.962 bits per heavy atom. The van der Waals surface area contributed by atoms with Crippen molar-refractivity contribution in [2.75, 3.05) is 7.11 Å². The van der Waals surface area contributed by atoms with Crippen LogP contribution < -0.4 is 16.1 Å². The van der Waals surface area contributed by atoms with Crippen LogP contribution in [0.1, 0.15) is 5.56 Å². The molecule has 5 nitrogen and oxygen atoms in total. The van der Waals surface area contributed by atoms with Crippen LogP contribution in [0, 0.1) is 5.82 Å². The molecule has 0 aromatic heterocycles. The zero-order valence-electron chi connectivity index (χ0n) is 14.2. The van der Waals surface area contributed by atoms with Gasteiger partial charge in [0.1, 0.15) is 11.6 Å². The van der Waals surface area contributed by atoms with Gasteiger partial charge < -0.3 is 20.7 Å². The number of rotatable bonds is 5. The molecule has 132 valence electrons. The number of hydrazine groups is 1. The van der Waals surface area contributed by atoms with Gasteiger partial charge in [-0.2, -0.15) is 0 Å². The maximum atomic E-state index is 14.0. The SMILES string of the molecule is COc1ccccc1-c1ccccc1/C(=N/NN)[N-]c1ccccc1F. The number of hydrazone groups is 1. The second-order valence-electron chi connectivity index (χ2n) is 5.37. The fourth-order valence-corrected chi connectivity index (χ4v) is 2.64. The molecule has 26 heavy (non-hydrogen) atoms. The molecule has 0 amide bonds. The van der Waals surface area contributed by atoms with Crippen LogP contribution in [0.3, 0.4) is 0 Å². The maximum Gasteiger partial charge on any atom is 0.126 e. The standard InChI is InChI=1S/C20H18FN4O/c1-26-19-13-7-4-9-15(19)14-8-2-3-10-16(14)20(24-25-22)23-18-12-6-5-11-17(18)21/h2-13,25H,22H2,1H3/q-1. The smallest absolute Gasteiger partial charge is 0.126 e. The molecule has 0 atom stereocenters. The predicted octanol–water partition coefficient (Wildman–Crippen LogP) is 4.33. The molecule has 3 N–H and O–H groups in total. The lowest BCUT2D eigenvalue weighted by molar-refractivity contribution is 0.416. The van der Waals surface area contributed by atoms with E-state index in [9.17, 15) is 4.39 Å². The summed E-state index contributed by atoms with van der Waals surface area (Å²) in [4.78, 5) is 0. The van der Waals surface area contributed by atoms with Gasteiger partial charge in [0.05, 0.1) is 7.11 Å². The summed E-state index contributed by atoms with van der Waals surface area (Å²) in [6.45, 7) is 0. The van der Waals surface area contributed by atoms with E-state index in [0.29, 0.717) is 11.3 Å². The van der Waals surface area contributed by atoms with E-state index in [2.05, 4.69) is 16.0 Å². The molecule has 3 rings (SSSR count). The Bertz CT molecular complexity index is 927. The molecule has 0 unspecified atom stereocenters. The Balaban J connectivity index is 2.09. The van der Waals surface area contributed by atoms with Crippen LogP contribution in [-0.2, 0) is 0 Å². The lowest BCUT2D eigenvalue weighted by atomic mass is 9.98. The van der Waals surface area contributed by atoms with Crippen LogP contribution in [0.5, 0.6) is 5.75 Å². The monoisotopic (exact) mass is 349 g/mol. The number of halogens is 1. The molecule has 0 fully saturated rings. The molecule has 0 saturated heterocycles. The zero-order chi connectivity index (χ0) is 18.4. The number of para-hydroxylation sites is 2. The van der Waals surface area contributed by atoms with Crippen molar-refractivity contribution < 1.29 is 9.13 Å². The normalized spacial score (nSPS) is 11.1. The van der Waals surface area contributed by atoms with Crippen molar-refractivity contribution in [3.63, 3.8) is 0 Å². The minimum absolute atomic E-state index is 0.177. The number of nitrogens with two attached hydrogens (primary N) is 1. The molecular weight excluding hydrogens is 331 g/mol. The Morgan fingerprint density at radius 3 is 2.35 bits per heavy atom. The highest BCUT2D eigenvalue weighted by atomic mass is 19.1. The molecule has 6 heteroatoms. The van der Waals surface area contributed by atoms with Crippen LogP contribution in [0.25, 0.3) is 16.4 Å². The van der Waals surface area contributed by atoms with Gasteiger partial charge in [0.15, 0.2) is 0 Å². The number of hydrogen-bond donors (Lipinski definition) is 2. The number of amidine groups is 1. The minimum Gasteiger partial charge on any atom is -0.496 e. The molecule has 0 aliphatic carbocycles. The number of nitrogens with one attached hydrogen (secondary N) is 1. The Labute approximate surface area is 151 Å². The molecule has 0 saturated carbocycles. The maximum absolute atomic E-state index is 14.0. The summed E-state index contributed by atoms with van der Waals surface area (Å²) in [5.74, 6) is 5.93. The fraction of sp³-hybridized carbons (Fsp3) is 0.0500. The van der Waals surface area contributed by atoms with Gasteiger partial charge in [0.25, 0.3) is 0 Å². The average Bonchev–Trinajstić information content (AvgIpc) is 2.69. The van der Waals surface area contributed by atoms with Crippen molar-refractivity contribution in [2.24, 2.45) is 10.9 Å². The molecule has 3 aromatic carbocycles. The molecule has 0 aliphatic rings. The predicted molar refractivity (Wildman–Crippen MR) is 102 cm³/mol. The van der Waals surface area contributed by atoms with E-state index in [-0.39, 0.29) is 11.5 Å². The first kappa shape index (κ1) is 17.4. The summed E-state index contributed by atoms with van der Waals surface area (Å²) in [6, 6.07) is 21.4. The number of nitrogens with zero attached hydrogens (tertiary/aromatic N) is 2. The van der Waals surface area contributed by atoms with Gasteiger partial charge in [-0.05, 0) is 34.8 Å².